The maximum absolute atomic E-state index is 3.78. The van der Waals surface area contributed by atoms with Crippen molar-refractivity contribution in [1.82, 2.24) is 10.2 Å². The molecule has 1 saturated heterocycles. The largest absolute Gasteiger partial charge is 0.311 e. The molecule has 0 amide bonds. The minimum absolute atomic E-state index is 0.603. The highest BCUT2D eigenvalue weighted by Crippen LogP contribution is 2.34. The normalized spacial score (nSPS) is 25.7. The third kappa shape index (κ3) is 4.08. The Kier molecular flexibility index (Phi) is 6.27. The topological polar surface area (TPSA) is 15.3 Å². The van der Waals surface area contributed by atoms with Crippen molar-refractivity contribution in [2.45, 2.75) is 65.6 Å². The molecule has 3 unspecified atom stereocenters. The van der Waals surface area contributed by atoms with Gasteiger partial charge in [0.2, 0.25) is 0 Å². The lowest BCUT2D eigenvalue weighted by molar-refractivity contribution is 0.0421. The first-order valence-electron chi connectivity index (χ1n) is 8.57. The fraction of sp³-hybridized carbons (Fsp3) is 0.778. The summed E-state index contributed by atoms with van der Waals surface area (Å²) in [7, 11) is 0. The first kappa shape index (κ1) is 17.0. The number of nitrogens with one attached hydrogen (secondary N) is 1. The van der Waals surface area contributed by atoms with Gasteiger partial charge in [-0.2, -0.15) is 0 Å². The van der Waals surface area contributed by atoms with Gasteiger partial charge in [0.25, 0.3) is 0 Å². The molecule has 2 heterocycles. The summed E-state index contributed by atoms with van der Waals surface area (Å²) in [6, 6.07) is 6.41. The number of hydrogen-bond donors (Lipinski definition) is 1. The molecule has 2 nitrogen and oxygen atoms in total. The standard InChI is InChI=1S/C18H32N2S/c1-6-8-16(18-9-7-10-21-18)20-12-15(13(2)3)19-11-17(20)14(4)5/h7,9-10,13-17,19H,6,8,11-12H2,1-5H3. The summed E-state index contributed by atoms with van der Waals surface area (Å²) >= 11 is 1.93. The zero-order chi connectivity index (χ0) is 15.4. The van der Waals surface area contributed by atoms with E-state index in [1.807, 2.05) is 11.3 Å². The number of nitrogens with zero attached hydrogens (tertiary/aromatic N) is 1. The van der Waals surface area contributed by atoms with Crippen molar-refractivity contribution in [3.63, 3.8) is 0 Å². The first-order chi connectivity index (χ1) is 10.0. The van der Waals surface area contributed by atoms with Crippen LogP contribution in [-0.4, -0.2) is 30.1 Å². The van der Waals surface area contributed by atoms with Crippen LogP contribution >= 0.6 is 11.3 Å². The van der Waals surface area contributed by atoms with Crippen LogP contribution in [-0.2, 0) is 0 Å². The van der Waals surface area contributed by atoms with Crippen LogP contribution in [0, 0.1) is 11.8 Å². The molecule has 0 radical (unpaired) electrons. The fourth-order valence-corrected chi connectivity index (χ4v) is 4.35. The van der Waals surface area contributed by atoms with Gasteiger partial charge in [0.05, 0.1) is 0 Å². The van der Waals surface area contributed by atoms with Crippen LogP contribution in [0.15, 0.2) is 17.5 Å². The molecule has 1 aliphatic heterocycles. The van der Waals surface area contributed by atoms with E-state index in [1.165, 1.54) is 19.4 Å². The van der Waals surface area contributed by atoms with E-state index in [4.69, 9.17) is 0 Å². The van der Waals surface area contributed by atoms with Crippen LogP contribution in [0.2, 0.25) is 0 Å². The summed E-state index contributed by atoms with van der Waals surface area (Å²) in [4.78, 5) is 4.35. The molecule has 120 valence electrons. The lowest BCUT2D eigenvalue weighted by Gasteiger charge is -2.47. The quantitative estimate of drug-likeness (QED) is 0.830. The van der Waals surface area contributed by atoms with Gasteiger partial charge < -0.3 is 5.32 Å². The second kappa shape index (κ2) is 7.75. The molecule has 0 aliphatic carbocycles. The maximum atomic E-state index is 3.78. The Hall–Kier alpha value is -0.380. The van der Waals surface area contributed by atoms with Crippen LogP contribution in [0.3, 0.4) is 0 Å². The molecule has 1 aromatic heterocycles. The van der Waals surface area contributed by atoms with Gasteiger partial charge in [-0.3, -0.25) is 4.90 Å². The number of thiophene rings is 1. The van der Waals surface area contributed by atoms with Crippen LogP contribution in [0.1, 0.15) is 58.4 Å². The molecule has 21 heavy (non-hydrogen) atoms. The van der Waals surface area contributed by atoms with Crippen LogP contribution in [0.5, 0.6) is 0 Å². The predicted octanol–water partition coefficient (Wildman–Crippen LogP) is 4.54. The Bertz CT molecular complexity index is 399. The van der Waals surface area contributed by atoms with E-state index >= 15 is 0 Å². The number of rotatable bonds is 6. The van der Waals surface area contributed by atoms with E-state index in [9.17, 15) is 0 Å². The zero-order valence-corrected chi connectivity index (χ0v) is 15.1. The Morgan fingerprint density at radius 1 is 1.29 bits per heavy atom. The molecular weight excluding hydrogens is 276 g/mol. The Morgan fingerprint density at radius 2 is 2.05 bits per heavy atom. The van der Waals surface area contributed by atoms with Gasteiger partial charge in [0.1, 0.15) is 0 Å². The summed E-state index contributed by atoms with van der Waals surface area (Å²) in [5.41, 5.74) is 0. The molecule has 1 aliphatic rings. The molecule has 0 spiro atoms. The molecule has 1 fully saturated rings. The number of piperazine rings is 1. The van der Waals surface area contributed by atoms with E-state index in [2.05, 4.69) is 62.3 Å². The summed E-state index contributed by atoms with van der Waals surface area (Å²) in [6.07, 6.45) is 2.53. The van der Waals surface area contributed by atoms with Crippen molar-refractivity contribution in [2.24, 2.45) is 11.8 Å². The SMILES string of the molecule is CCCC(c1cccs1)N1CC(C(C)C)NCC1C(C)C. The summed E-state index contributed by atoms with van der Waals surface area (Å²) < 4.78 is 0. The minimum Gasteiger partial charge on any atom is -0.311 e. The lowest BCUT2D eigenvalue weighted by atomic mass is 9.91. The smallest absolute Gasteiger partial charge is 0.0445 e. The van der Waals surface area contributed by atoms with Crippen molar-refractivity contribution in [3.05, 3.63) is 22.4 Å². The van der Waals surface area contributed by atoms with Gasteiger partial charge in [0, 0.05) is 36.1 Å². The number of hydrogen-bond acceptors (Lipinski definition) is 3. The van der Waals surface area contributed by atoms with Gasteiger partial charge >= 0.3 is 0 Å². The Morgan fingerprint density at radius 3 is 2.57 bits per heavy atom. The molecule has 0 aromatic carbocycles. The lowest BCUT2D eigenvalue weighted by Crippen LogP contribution is -2.60. The molecule has 2 rings (SSSR count). The average Bonchev–Trinajstić information content (AvgIpc) is 2.97. The van der Waals surface area contributed by atoms with Gasteiger partial charge in [0.15, 0.2) is 0 Å². The molecule has 1 N–H and O–H groups in total. The van der Waals surface area contributed by atoms with Crippen LogP contribution in [0.25, 0.3) is 0 Å². The summed E-state index contributed by atoms with van der Waals surface area (Å²) in [5, 5.41) is 6.01. The van der Waals surface area contributed by atoms with E-state index in [1.54, 1.807) is 4.88 Å². The minimum atomic E-state index is 0.603. The monoisotopic (exact) mass is 308 g/mol. The zero-order valence-electron chi connectivity index (χ0n) is 14.3. The van der Waals surface area contributed by atoms with Gasteiger partial charge in [-0.15, -0.1) is 11.3 Å². The third-order valence-electron chi connectivity index (χ3n) is 4.83. The van der Waals surface area contributed by atoms with Crippen LogP contribution in [0.4, 0.5) is 0 Å². The van der Waals surface area contributed by atoms with E-state index in [0.29, 0.717) is 30.0 Å². The van der Waals surface area contributed by atoms with E-state index in [-0.39, 0.29) is 0 Å². The average molecular weight is 309 g/mol. The van der Waals surface area contributed by atoms with E-state index in [0.717, 1.165) is 6.54 Å². The molecule has 0 saturated carbocycles. The highest BCUT2D eigenvalue weighted by molar-refractivity contribution is 7.10. The third-order valence-corrected chi connectivity index (χ3v) is 5.80. The van der Waals surface area contributed by atoms with Crippen LogP contribution < -0.4 is 5.32 Å². The van der Waals surface area contributed by atoms with Crippen molar-refractivity contribution >= 4 is 11.3 Å². The highest BCUT2D eigenvalue weighted by atomic mass is 32.1. The van der Waals surface area contributed by atoms with Gasteiger partial charge in [-0.1, -0.05) is 47.1 Å². The van der Waals surface area contributed by atoms with Crippen molar-refractivity contribution < 1.29 is 0 Å². The van der Waals surface area contributed by atoms with Crippen molar-refractivity contribution in [2.75, 3.05) is 13.1 Å². The highest BCUT2D eigenvalue weighted by Gasteiger charge is 2.35. The second-order valence-corrected chi connectivity index (χ2v) is 8.07. The summed E-state index contributed by atoms with van der Waals surface area (Å²) in [6.45, 7) is 14.0. The second-order valence-electron chi connectivity index (χ2n) is 7.09. The molecule has 1 aromatic rings. The van der Waals surface area contributed by atoms with Gasteiger partial charge in [-0.05, 0) is 29.7 Å². The molecular formula is C18H32N2S. The predicted molar refractivity (Wildman–Crippen MR) is 93.9 cm³/mol. The molecule has 3 atom stereocenters. The molecule has 0 bridgehead atoms. The summed E-state index contributed by atoms with van der Waals surface area (Å²) in [5.74, 6) is 1.40. The Balaban J connectivity index is 2.23. The van der Waals surface area contributed by atoms with Crippen molar-refractivity contribution in [3.8, 4) is 0 Å². The first-order valence-corrected chi connectivity index (χ1v) is 9.45. The maximum Gasteiger partial charge on any atom is 0.0445 e. The van der Waals surface area contributed by atoms with Gasteiger partial charge in [-0.25, -0.2) is 0 Å². The van der Waals surface area contributed by atoms with Crippen molar-refractivity contribution in [1.29, 1.82) is 0 Å². The fourth-order valence-electron chi connectivity index (χ4n) is 3.47. The Labute approximate surface area is 134 Å². The van der Waals surface area contributed by atoms with E-state index < -0.39 is 0 Å². The molecule has 3 heteroatoms.